The lowest BCUT2D eigenvalue weighted by atomic mass is 10.00. The van der Waals surface area contributed by atoms with Gasteiger partial charge in [-0.2, -0.15) is 4.98 Å². The van der Waals surface area contributed by atoms with Crippen molar-refractivity contribution in [1.29, 1.82) is 0 Å². The summed E-state index contributed by atoms with van der Waals surface area (Å²) in [6.45, 7) is 1.70. The van der Waals surface area contributed by atoms with E-state index in [4.69, 9.17) is 16.1 Å². The number of phenolic OH excluding ortho intramolecular Hbond substituents is 1. The predicted molar refractivity (Wildman–Crippen MR) is 135 cm³/mol. The molecule has 1 amide bonds. The van der Waals surface area contributed by atoms with Crippen molar-refractivity contribution in [2.24, 2.45) is 0 Å². The summed E-state index contributed by atoms with van der Waals surface area (Å²) in [5.74, 6) is -0.342. The van der Waals surface area contributed by atoms with E-state index in [-0.39, 0.29) is 22.2 Å². The van der Waals surface area contributed by atoms with E-state index in [1.54, 1.807) is 31.2 Å². The monoisotopic (exact) mass is 501 g/mol. The quantitative estimate of drug-likeness (QED) is 0.280. The molecule has 36 heavy (non-hydrogen) atoms. The number of nitrogens with one attached hydrogen (secondary N) is 1. The first-order chi connectivity index (χ1) is 17.4. The molecule has 0 aliphatic heterocycles. The first-order valence-electron chi connectivity index (χ1n) is 11.2. The van der Waals surface area contributed by atoms with Gasteiger partial charge in [0.2, 0.25) is 5.89 Å². The number of aromatic nitrogens is 2. The van der Waals surface area contributed by atoms with Gasteiger partial charge in [-0.3, -0.25) is 4.79 Å². The van der Waals surface area contributed by atoms with E-state index in [1.807, 2.05) is 48.5 Å². The number of carbonyl (C=O) groups is 1. The number of hydrogen-bond acceptors (Lipinski definition) is 5. The zero-order valence-corrected chi connectivity index (χ0v) is 20.0. The second kappa shape index (κ2) is 9.79. The van der Waals surface area contributed by atoms with Gasteiger partial charge in [-0.15, -0.1) is 0 Å². The Morgan fingerprint density at radius 1 is 1.03 bits per heavy atom. The zero-order chi connectivity index (χ0) is 25.2. The second-order valence-electron chi connectivity index (χ2n) is 8.45. The lowest BCUT2D eigenvalue weighted by Crippen LogP contribution is -2.30. The van der Waals surface area contributed by atoms with Crippen LogP contribution in [0.3, 0.4) is 0 Å². The van der Waals surface area contributed by atoms with Crippen molar-refractivity contribution in [2.75, 3.05) is 0 Å². The smallest absolute Gasteiger partial charge is 0.255 e. The summed E-state index contributed by atoms with van der Waals surface area (Å²) in [5.41, 5.74) is 2.71. The SMILES string of the molecule is Cc1noc([C@@H](Cc2ccc(-c3ccc(F)c(Cl)c3)cc2)NC(=O)c2cc3ccccc3cc2O)n1. The molecule has 6 nitrogen and oxygen atoms in total. The van der Waals surface area contributed by atoms with Crippen molar-refractivity contribution < 1.29 is 18.8 Å². The summed E-state index contributed by atoms with van der Waals surface area (Å²) in [4.78, 5) is 17.5. The third-order valence-corrected chi connectivity index (χ3v) is 6.19. The van der Waals surface area contributed by atoms with E-state index in [0.717, 1.165) is 27.5 Å². The van der Waals surface area contributed by atoms with Crippen LogP contribution in [0.1, 0.15) is 33.7 Å². The van der Waals surface area contributed by atoms with Crippen LogP contribution in [0.25, 0.3) is 21.9 Å². The van der Waals surface area contributed by atoms with E-state index in [1.165, 1.54) is 6.07 Å². The van der Waals surface area contributed by atoms with Crippen LogP contribution in [0.2, 0.25) is 5.02 Å². The molecule has 0 aliphatic carbocycles. The lowest BCUT2D eigenvalue weighted by molar-refractivity contribution is 0.0925. The molecular weight excluding hydrogens is 481 g/mol. The van der Waals surface area contributed by atoms with Gasteiger partial charge < -0.3 is 14.9 Å². The fourth-order valence-electron chi connectivity index (χ4n) is 4.05. The highest BCUT2D eigenvalue weighted by molar-refractivity contribution is 6.31. The second-order valence-corrected chi connectivity index (χ2v) is 8.86. The molecule has 0 saturated carbocycles. The first-order valence-corrected chi connectivity index (χ1v) is 11.6. The molecule has 5 rings (SSSR count). The number of carbonyl (C=O) groups excluding carboxylic acids is 1. The molecule has 4 aromatic carbocycles. The Kier molecular flexibility index (Phi) is 6.40. The summed E-state index contributed by atoms with van der Waals surface area (Å²) in [6, 6.07) is 22.2. The minimum absolute atomic E-state index is 0.0584. The van der Waals surface area contributed by atoms with E-state index < -0.39 is 17.8 Å². The third kappa shape index (κ3) is 4.92. The van der Waals surface area contributed by atoms with Crippen LogP contribution >= 0.6 is 11.6 Å². The maximum Gasteiger partial charge on any atom is 0.255 e. The highest BCUT2D eigenvalue weighted by Gasteiger charge is 2.23. The van der Waals surface area contributed by atoms with Gasteiger partial charge in [0.05, 0.1) is 10.6 Å². The molecule has 0 aliphatic rings. The number of aromatic hydroxyl groups is 1. The van der Waals surface area contributed by atoms with Crippen LogP contribution in [0.15, 0.2) is 83.4 Å². The van der Waals surface area contributed by atoms with Crippen LogP contribution in [0, 0.1) is 12.7 Å². The van der Waals surface area contributed by atoms with Gasteiger partial charge in [0.25, 0.3) is 5.91 Å². The van der Waals surface area contributed by atoms with Gasteiger partial charge in [0.1, 0.15) is 17.6 Å². The summed E-state index contributed by atoms with van der Waals surface area (Å²) in [6.07, 6.45) is 0.367. The molecule has 8 heteroatoms. The van der Waals surface area contributed by atoms with Gasteiger partial charge in [-0.25, -0.2) is 4.39 Å². The Morgan fingerprint density at radius 3 is 2.39 bits per heavy atom. The molecule has 1 heterocycles. The first kappa shape index (κ1) is 23.5. The number of aryl methyl sites for hydroxylation is 1. The van der Waals surface area contributed by atoms with Gasteiger partial charge in [-0.05, 0) is 58.7 Å². The Morgan fingerprint density at radius 2 is 1.72 bits per heavy atom. The van der Waals surface area contributed by atoms with Crippen molar-refractivity contribution in [1.82, 2.24) is 15.5 Å². The molecule has 180 valence electrons. The normalized spacial score (nSPS) is 12.0. The van der Waals surface area contributed by atoms with Crippen molar-refractivity contribution in [2.45, 2.75) is 19.4 Å². The largest absolute Gasteiger partial charge is 0.507 e. The number of phenols is 1. The average Bonchev–Trinajstić information content (AvgIpc) is 3.31. The van der Waals surface area contributed by atoms with Crippen LogP contribution < -0.4 is 5.32 Å². The van der Waals surface area contributed by atoms with Crippen molar-refractivity contribution in [3.8, 4) is 16.9 Å². The van der Waals surface area contributed by atoms with Gasteiger partial charge in [0.15, 0.2) is 5.82 Å². The highest BCUT2D eigenvalue weighted by atomic mass is 35.5. The van der Waals surface area contributed by atoms with Gasteiger partial charge in [-0.1, -0.05) is 71.4 Å². The molecule has 0 radical (unpaired) electrons. The number of rotatable bonds is 6. The summed E-state index contributed by atoms with van der Waals surface area (Å²) >= 11 is 5.92. The van der Waals surface area contributed by atoms with Crippen LogP contribution in [0.5, 0.6) is 5.75 Å². The van der Waals surface area contributed by atoms with E-state index >= 15 is 0 Å². The van der Waals surface area contributed by atoms with Crippen LogP contribution in [-0.2, 0) is 6.42 Å². The van der Waals surface area contributed by atoms with Crippen molar-refractivity contribution >= 4 is 28.3 Å². The third-order valence-electron chi connectivity index (χ3n) is 5.90. The molecule has 2 N–H and O–H groups in total. The Hall–Kier alpha value is -4.23. The van der Waals surface area contributed by atoms with Crippen LogP contribution in [0.4, 0.5) is 4.39 Å². The molecule has 0 bridgehead atoms. The van der Waals surface area contributed by atoms with E-state index in [2.05, 4.69) is 15.5 Å². The number of fused-ring (bicyclic) bond motifs is 1. The summed E-state index contributed by atoms with van der Waals surface area (Å²) in [7, 11) is 0. The van der Waals surface area contributed by atoms with E-state index in [9.17, 15) is 14.3 Å². The highest BCUT2D eigenvalue weighted by Crippen LogP contribution is 2.28. The number of amides is 1. The van der Waals surface area contributed by atoms with Crippen molar-refractivity contribution in [3.05, 3.63) is 113 Å². The standard InChI is InChI=1S/C28H21ClFN3O3/c1-16-31-28(36-33-16)25(32-27(35)22-13-19-4-2-3-5-20(19)15-26(22)34)12-17-6-8-18(9-7-17)21-10-11-24(30)23(29)14-21/h2-11,13-15,25,34H,12H2,1H3,(H,32,35)/t25-/m1/s1. The topological polar surface area (TPSA) is 88.2 Å². The molecule has 0 spiro atoms. The Balaban J connectivity index is 1.40. The number of benzene rings is 4. The molecule has 5 aromatic rings. The lowest BCUT2D eigenvalue weighted by Gasteiger charge is -2.16. The fraction of sp³-hybridized carbons (Fsp3) is 0.107. The zero-order valence-electron chi connectivity index (χ0n) is 19.2. The minimum Gasteiger partial charge on any atom is -0.507 e. The molecule has 1 atom stereocenters. The Labute approximate surface area is 211 Å². The maximum atomic E-state index is 13.5. The van der Waals surface area contributed by atoms with Crippen molar-refractivity contribution in [3.63, 3.8) is 0 Å². The fourth-order valence-corrected chi connectivity index (χ4v) is 4.23. The van der Waals surface area contributed by atoms with Gasteiger partial charge in [0, 0.05) is 6.42 Å². The molecule has 0 unspecified atom stereocenters. The summed E-state index contributed by atoms with van der Waals surface area (Å²) < 4.78 is 18.9. The minimum atomic E-state index is -0.629. The molecule has 0 fully saturated rings. The molecule has 0 saturated heterocycles. The number of nitrogens with zero attached hydrogens (tertiary/aromatic N) is 2. The number of halogens is 2. The average molecular weight is 502 g/mol. The van der Waals surface area contributed by atoms with E-state index in [0.29, 0.717) is 12.2 Å². The summed E-state index contributed by atoms with van der Waals surface area (Å²) in [5, 5.41) is 19.0. The predicted octanol–water partition coefficient (Wildman–Crippen LogP) is 6.41. The maximum absolute atomic E-state index is 13.5. The molecule has 1 aromatic heterocycles. The number of hydrogen-bond donors (Lipinski definition) is 2. The Bertz CT molecular complexity index is 1570. The molecular formula is C28H21ClFN3O3. The van der Waals surface area contributed by atoms with Gasteiger partial charge >= 0.3 is 0 Å². The van der Waals surface area contributed by atoms with Crippen LogP contribution in [-0.4, -0.2) is 21.2 Å².